The fraction of sp³-hybridized carbons (Fsp3) is 0.526. The lowest BCUT2D eigenvalue weighted by molar-refractivity contribution is 0.0150. The van der Waals surface area contributed by atoms with E-state index in [1.54, 1.807) is 4.90 Å². The Balaban J connectivity index is 1.53. The van der Waals surface area contributed by atoms with E-state index in [1.807, 2.05) is 12.1 Å². The number of likely N-dealkylation sites (tertiary alicyclic amines) is 1. The lowest BCUT2D eigenvalue weighted by Crippen LogP contribution is -2.46. The van der Waals surface area contributed by atoms with Gasteiger partial charge in [-0.05, 0) is 30.5 Å². The molecule has 0 bridgehead atoms. The van der Waals surface area contributed by atoms with Crippen LogP contribution in [0.1, 0.15) is 31.7 Å². The lowest BCUT2D eigenvalue weighted by Gasteiger charge is -2.38. The average Bonchev–Trinajstić information content (AvgIpc) is 2.81. The maximum atomic E-state index is 12.1. The van der Waals surface area contributed by atoms with Crippen LogP contribution in [0.3, 0.4) is 0 Å². The highest BCUT2D eigenvalue weighted by molar-refractivity contribution is 6.30. The molecule has 0 saturated carbocycles. The van der Waals surface area contributed by atoms with E-state index in [1.165, 1.54) is 5.56 Å². The second-order valence-electron chi connectivity index (χ2n) is 6.68. The van der Waals surface area contributed by atoms with Gasteiger partial charge >= 0.3 is 6.09 Å². The number of amides is 1. The minimum atomic E-state index is -0.469. The number of rotatable bonds is 5. The van der Waals surface area contributed by atoms with Crippen LogP contribution in [0.4, 0.5) is 4.79 Å². The largest absolute Gasteiger partial charge is 0.436 e. The fourth-order valence-electron chi connectivity index (χ4n) is 3.55. The van der Waals surface area contributed by atoms with Crippen LogP contribution in [0.25, 0.3) is 0 Å². The van der Waals surface area contributed by atoms with Crippen molar-refractivity contribution >= 4 is 17.7 Å². The van der Waals surface area contributed by atoms with Crippen LogP contribution in [0, 0.1) is 0 Å². The van der Waals surface area contributed by atoms with Crippen LogP contribution in [0.5, 0.6) is 0 Å². The lowest BCUT2D eigenvalue weighted by atomic mass is 9.88. The van der Waals surface area contributed by atoms with E-state index in [-0.39, 0.29) is 6.09 Å². The Labute approximate surface area is 149 Å². The first-order chi connectivity index (χ1) is 11.5. The van der Waals surface area contributed by atoms with E-state index < -0.39 is 5.60 Å². The van der Waals surface area contributed by atoms with E-state index in [0.29, 0.717) is 6.54 Å². The van der Waals surface area contributed by atoms with Crippen molar-refractivity contribution in [3.05, 3.63) is 47.1 Å². The number of hydrogen-bond donors (Lipinski definition) is 0. The van der Waals surface area contributed by atoms with Crippen molar-refractivity contribution < 1.29 is 9.53 Å². The Hall–Kier alpha value is -1.52. The molecule has 0 atom stereocenters. The van der Waals surface area contributed by atoms with Gasteiger partial charge < -0.3 is 9.64 Å². The first-order valence-electron chi connectivity index (χ1n) is 8.71. The van der Waals surface area contributed by atoms with Crippen LogP contribution >= 0.6 is 11.6 Å². The predicted octanol–water partition coefficient (Wildman–Crippen LogP) is 4.09. The van der Waals surface area contributed by atoms with Crippen LogP contribution in [-0.2, 0) is 11.2 Å². The summed E-state index contributed by atoms with van der Waals surface area (Å²) in [6.45, 7) is 9.78. The predicted molar refractivity (Wildman–Crippen MR) is 96.2 cm³/mol. The Morgan fingerprint density at radius 1 is 1.21 bits per heavy atom. The third-order valence-corrected chi connectivity index (χ3v) is 5.35. The summed E-state index contributed by atoms with van der Waals surface area (Å²) < 4.78 is 5.74. The molecule has 2 fully saturated rings. The molecule has 2 saturated heterocycles. The van der Waals surface area contributed by atoms with E-state index in [0.717, 1.165) is 56.0 Å². The minimum absolute atomic E-state index is 0.225. The quantitative estimate of drug-likeness (QED) is 0.803. The number of ether oxygens (including phenoxy) is 1. The van der Waals surface area contributed by atoms with Crippen LogP contribution in [-0.4, -0.2) is 47.7 Å². The fourth-order valence-corrected chi connectivity index (χ4v) is 3.68. The zero-order valence-corrected chi connectivity index (χ0v) is 15.0. The zero-order valence-electron chi connectivity index (χ0n) is 14.3. The molecule has 4 nitrogen and oxygen atoms in total. The number of carbonyl (C=O) groups is 1. The molecule has 5 heteroatoms. The highest BCUT2D eigenvalue weighted by Crippen LogP contribution is 2.40. The Morgan fingerprint density at radius 3 is 2.50 bits per heavy atom. The molecule has 0 unspecified atom stereocenters. The molecule has 1 spiro atoms. The third-order valence-electron chi connectivity index (χ3n) is 5.10. The summed E-state index contributed by atoms with van der Waals surface area (Å²) in [4.78, 5) is 16.2. The van der Waals surface area contributed by atoms with Gasteiger partial charge in [-0.2, -0.15) is 0 Å². The molecule has 0 aromatic heterocycles. The van der Waals surface area contributed by atoms with E-state index in [2.05, 4.69) is 30.5 Å². The molecule has 0 N–H and O–H groups in total. The number of halogens is 1. The van der Waals surface area contributed by atoms with Crippen molar-refractivity contribution in [3.8, 4) is 0 Å². The number of hydrogen-bond acceptors (Lipinski definition) is 3. The monoisotopic (exact) mass is 348 g/mol. The Morgan fingerprint density at radius 2 is 1.88 bits per heavy atom. The first kappa shape index (κ1) is 17.3. The zero-order chi connectivity index (χ0) is 17.2. The standard InChI is InChI=1S/C19H25ClN2O2/c1-3-11-22-15(2)19(24-18(22)23)9-13-21(14-10-19)12-8-16-4-6-17(20)7-5-16/h4-7H,2-3,8-14H2,1H3. The topological polar surface area (TPSA) is 32.8 Å². The highest BCUT2D eigenvalue weighted by Gasteiger charge is 2.49. The van der Waals surface area contributed by atoms with Gasteiger partial charge in [-0.15, -0.1) is 0 Å². The van der Waals surface area contributed by atoms with Gasteiger partial charge in [0.15, 0.2) is 5.60 Å². The number of piperidine rings is 1. The molecule has 3 rings (SSSR count). The average molecular weight is 349 g/mol. The molecule has 2 heterocycles. The molecule has 130 valence electrons. The normalized spacial score (nSPS) is 20.7. The third kappa shape index (κ3) is 3.45. The van der Waals surface area contributed by atoms with Crippen molar-refractivity contribution in [2.75, 3.05) is 26.2 Å². The van der Waals surface area contributed by atoms with Crippen molar-refractivity contribution in [3.63, 3.8) is 0 Å². The Bertz CT molecular complexity index is 606. The summed E-state index contributed by atoms with van der Waals surface area (Å²) in [6.07, 6.45) is 3.36. The van der Waals surface area contributed by atoms with Gasteiger partial charge in [-0.3, -0.25) is 4.90 Å². The van der Waals surface area contributed by atoms with Crippen molar-refractivity contribution in [1.29, 1.82) is 0 Å². The molecule has 2 aliphatic heterocycles. The molecule has 0 aliphatic carbocycles. The number of benzene rings is 1. The summed E-state index contributed by atoms with van der Waals surface area (Å²) >= 11 is 5.93. The van der Waals surface area contributed by atoms with Gasteiger partial charge in [-0.1, -0.05) is 37.2 Å². The van der Waals surface area contributed by atoms with Crippen molar-refractivity contribution in [1.82, 2.24) is 9.80 Å². The molecular formula is C19H25ClN2O2. The summed E-state index contributed by atoms with van der Waals surface area (Å²) in [5, 5.41) is 0.775. The van der Waals surface area contributed by atoms with E-state index in [4.69, 9.17) is 16.3 Å². The maximum Gasteiger partial charge on any atom is 0.415 e. The summed E-state index contributed by atoms with van der Waals surface area (Å²) in [7, 11) is 0. The van der Waals surface area contributed by atoms with Gasteiger partial charge in [0.25, 0.3) is 0 Å². The van der Waals surface area contributed by atoms with E-state index >= 15 is 0 Å². The second kappa shape index (κ2) is 7.16. The first-order valence-corrected chi connectivity index (χ1v) is 9.08. The summed E-state index contributed by atoms with van der Waals surface area (Å²) in [5.74, 6) is 0. The van der Waals surface area contributed by atoms with Gasteiger partial charge in [0.05, 0.1) is 5.70 Å². The van der Waals surface area contributed by atoms with Crippen LogP contribution in [0.15, 0.2) is 36.5 Å². The Kier molecular flexibility index (Phi) is 5.16. The van der Waals surface area contributed by atoms with Crippen molar-refractivity contribution in [2.24, 2.45) is 0 Å². The minimum Gasteiger partial charge on any atom is -0.436 e. The van der Waals surface area contributed by atoms with Gasteiger partial charge in [0.2, 0.25) is 0 Å². The summed E-state index contributed by atoms with van der Waals surface area (Å²) in [6, 6.07) is 8.03. The van der Waals surface area contributed by atoms with Crippen LogP contribution in [0.2, 0.25) is 5.02 Å². The van der Waals surface area contributed by atoms with Crippen molar-refractivity contribution in [2.45, 2.75) is 38.2 Å². The van der Waals surface area contributed by atoms with Gasteiger partial charge in [-0.25, -0.2) is 4.79 Å². The van der Waals surface area contributed by atoms with Gasteiger partial charge in [0, 0.05) is 44.0 Å². The van der Waals surface area contributed by atoms with Crippen LogP contribution < -0.4 is 0 Å². The van der Waals surface area contributed by atoms with E-state index in [9.17, 15) is 4.79 Å². The number of carbonyl (C=O) groups excluding carboxylic acids is 1. The molecule has 24 heavy (non-hydrogen) atoms. The molecule has 1 aromatic rings. The molecule has 0 radical (unpaired) electrons. The molecule has 2 aliphatic rings. The molecule has 1 aromatic carbocycles. The summed E-state index contributed by atoms with van der Waals surface area (Å²) in [5.41, 5.74) is 1.68. The second-order valence-corrected chi connectivity index (χ2v) is 7.12. The maximum absolute atomic E-state index is 12.1. The molecule has 1 amide bonds. The SMILES string of the molecule is C=C1N(CCC)C(=O)OC12CCN(CCc1ccc(Cl)cc1)CC2. The number of nitrogens with zero attached hydrogens (tertiary/aromatic N) is 2. The highest BCUT2D eigenvalue weighted by atomic mass is 35.5. The smallest absolute Gasteiger partial charge is 0.415 e. The van der Waals surface area contributed by atoms with Gasteiger partial charge in [0.1, 0.15) is 0 Å². The molecular weight excluding hydrogens is 324 g/mol.